The van der Waals surface area contributed by atoms with Crippen LogP contribution in [-0.2, 0) is 12.7 Å². The van der Waals surface area contributed by atoms with Crippen molar-refractivity contribution in [2.75, 3.05) is 19.5 Å². The standard InChI is InChI=1S/C21H19F3N2O4/c1-4-26-11-15(19(27)14-9-12(21(22,23)24)5-8-17(14)26)20(28)25-16-7-6-13(29-2)10-18(16)30-3/h5-11H,4H2,1-3H3,(H,25,28). The first-order valence-corrected chi connectivity index (χ1v) is 8.97. The van der Waals surface area contributed by atoms with Crippen LogP contribution in [0.4, 0.5) is 18.9 Å². The van der Waals surface area contributed by atoms with E-state index in [1.54, 1.807) is 23.6 Å². The molecule has 0 saturated heterocycles. The Labute approximate surface area is 169 Å². The molecule has 2 aromatic carbocycles. The van der Waals surface area contributed by atoms with E-state index in [1.807, 2.05) is 0 Å². The summed E-state index contributed by atoms with van der Waals surface area (Å²) < 4.78 is 51.2. The second kappa shape index (κ2) is 8.10. The van der Waals surface area contributed by atoms with Crippen molar-refractivity contribution >= 4 is 22.5 Å². The van der Waals surface area contributed by atoms with Crippen LogP contribution < -0.4 is 20.2 Å². The van der Waals surface area contributed by atoms with Crippen molar-refractivity contribution in [2.45, 2.75) is 19.6 Å². The predicted octanol–water partition coefficient (Wildman–Crippen LogP) is 4.31. The normalized spacial score (nSPS) is 11.4. The van der Waals surface area contributed by atoms with E-state index < -0.39 is 23.1 Å². The molecule has 9 heteroatoms. The van der Waals surface area contributed by atoms with Gasteiger partial charge >= 0.3 is 6.18 Å². The number of ether oxygens (including phenoxy) is 2. The molecule has 0 saturated carbocycles. The second-order valence-electron chi connectivity index (χ2n) is 6.41. The van der Waals surface area contributed by atoms with Gasteiger partial charge in [0.05, 0.1) is 31.0 Å². The minimum absolute atomic E-state index is 0.180. The zero-order chi connectivity index (χ0) is 22.1. The highest BCUT2D eigenvalue weighted by Crippen LogP contribution is 2.31. The number of methoxy groups -OCH3 is 2. The van der Waals surface area contributed by atoms with Gasteiger partial charge in [-0.15, -0.1) is 0 Å². The molecule has 6 nitrogen and oxygen atoms in total. The summed E-state index contributed by atoms with van der Waals surface area (Å²) in [6, 6.07) is 7.60. The van der Waals surface area contributed by atoms with Crippen molar-refractivity contribution in [1.82, 2.24) is 4.57 Å². The van der Waals surface area contributed by atoms with Crippen molar-refractivity contribution in [3.8, 4) is 11.5 Å². The molecule has 0 bridgehead atoms. The molecule has 0 fully saturated rings. The first-order chi connectivity index (χ1) is 14.2. The number of aryl methyl sites for hydroxylation is 1. The minimum atomic E-state index is -4.60. The number of rotatable bonds is 5. The number of hydrogen-bond donors (Lipinski definition) is 1. The van der Waals surface area contributed by atoms with Gasteiger partial charge in [-0.25, -0.2) is 0 Å². The Balaban J connectivity index is 2.10. The Kier molecular flexibility index (Phi) is 5.73. The van der Waals surface area contributed by atoms with Gasteiger partial charge in [0.15, 0.2) is 0 Å². The zero-order valence-electron chi connectivity index (χ0n) is 16.5. The lowest BCUT2D eigenvalue weighted by molar-refractivity contribution is -0.137. The summed E-state index contributed by atoms with van der Waals surface area (Å²) in [6.07, 6.45) is -3.27. The van der Waals surface area contributed by atoms with Crippen LogP contribution in [0.15, 0.2) is 47.4 Å². The molecule has 0 spiro atoms. The predicted molar refractivity (Wildman–Crippen MR) is 106 cm³/mol. The molecule has 3 aromatic rings. The van der Waals surface area contributed by atoms with Gasteiger partial charge in [0.2, 0.25) is 5.43 Å². The van der Waals surface area contributed by atoms with Crippen molar-refractivity contribution in [3.63, 3.8) is 0 Å². The zero-order valence-corrected chi connectivity index (χ0v) is 16.5. The molecule has 1 heterocycles. The fourth-order valence-electron chi connectivity index (χ4n) is 3.09. The van der Waals surface area contributed by atoms with Gasteiger partial charge in [-0.2, -0.15) is 13.2 Å². The monoisotopic (exact) mass is 420 g/mol. The molecular formula is C21H19F3N2O4. The topological polar surface area (TPSA) is 69.6 Å². The fraction of sp³-hybridized carbons (Fsp3) is 0.238. The number of fused-ring (bicyclic) bond motifs is 1. The van der Waals surface area contributed by atoms with Crippen molar-refractivity contribution in [2.24, 2.45) is 0 Å². The first kappa shape index (κ1) is 21.2. The number of anilines is 1. The first-order valence-electron chi connectivity index (χ1n) is 8.97. The average molecular weight is 420 g/mol. The molecule has 30 heavy (non-hydrogen) atoms. The lowest BCUT2D eigenvalue weighted by atomic mass is 10.1. The summed E-state index contributed by atoms with van der Waals surface area (Å²) in [5.74, 6) is 0.0483. The van der Waals surface area contributed by atoms with E-state index in [1.165, 1.54) is 32.5 Å². The number of carbonyl (C=O) groups is 1. The van der Waals surface area contributed by atoms with E-state index in [0.717, 1.165) is 12.1 Å². The van der Waals surface area contributed by atoms with E-state index in [2.05, 4.69) is 5.32 Å². The number of hydrogen-bond acceptors (Lipinski definition) is 4. The maximum Gasteiger partial charge on any atom is 0.416 e. The van der Waals surface area contributed by atoms with Crippen molar-refractivity contribution in [1.29, 1.82) is 0 Å². The number of amides is 1. The number of nitrogens with one attached hydrogen (secondary N) is 1. The summed E-state index contributed by atoms with van der Waals surface area (Å²) in [5.41, 5.74) is -1.42. The lowest BCUT2D eigenvalue weighted by Crippen LogP contribution is -2.24. The minimum Gasteiger partial charge on any atom is -0.497 e. The van der Waals surface area contributed by atoms with Crippen LogP contribution in [0, 0.1) is 0 Å². The summed E-state index contributed by atoms with van der Waals surface area (Å²) in [4.78, 5) is 25.7. The molecule has 0 aliphatic heterocycles. The van der Waals surface area contributed by atoms with Gasteiger partial charge in [-0.05, 0) is 37.3 Å². The van der Waals surface area contributed by atoms with Gasteiger partial charge in [-0.1, -0.05) is 0 Å². The Bertz CT molecular complexity index is 1170. The van der Waals surface area contributed by atoms with Gasteiger partial charge in [0.1, 0.15) is 17.1 Å². The van der Waals surface area contributed by atoms with E-state index in [4.69, 9.17) is 9.47 Å². The number of aromatic nitrogens is 1. The summed E-state index contributed by atoms with van der Waals surface area (Å²) in [5, 5.41) is 2.40. The summed E-state index contributed by atoms with van der Waals surface area (Å²) in [6.45, 7) is 2.12. The average Bonchev–Trinajstić information content (AvgIpc) is 2.73. The molecular weight excluding hydrogens is 401 g/mol. The maximum atomic E-state index is 13.1. The van der Waals surface area contributed by atoms with Crippen LogP contribution in [0.1, 0.15) is 22.8 Å². The van der Waals surface area contributed by atoms with Crippen LogP contribution >= 0.6 is 0 Å². The number of carbonyl (C=O) groups excluding carboxylic acids is 1. The highest BCUT2D eigenvalue weighted by Gasteiger charge is 2.31. The van der Waals surface area contributed by atoms with Gasteiger partial charge in [0, 0.05) is 24.2 Å². The summed E-state index contributed by atoms with van der Waals surface area (Å²) in [7, 11) is 2.88. The molecule has 3 rings (SSSR count). The SMILES string of the molecule is CCn1cc(C(=O)Nc2ccc(OC)cc2OC)c(=O)c2cc(C(F)(F)F)ccc21. The second-order valence-corrected chi connectivity index (χ2v) is 6.41. The van der Waals surface area contributed by atoms with Crippen LogP contribution in [0.3, 0.4) is 0 Å². The van der Waals surface area contributed by atoms with Crippen LogP contribution in [0.25, 0.3) is 10.9 Å². The van der Waals surface area contributed by atoms with Crippen molar-refractivity contribution < 1.29 is 27.4 Å². The number of pyridine rings is 1. The van der Waals surface area contributed by atoms with E-state index >= 15 is 0 Å². The molecule has 0 radical (unpaired) electrons. The largest absolute Gasteiger partial charge is 0.497 e. The van der Waals surface area contributed by atoms with E-state index in [-0.39, 0.29) is 16.6 Å². The molecule has 0 unspecified atom stereocenters. The Morgan fingerprint density at radius 3 is 2.43 bits per heavy atom. The highest BCUT2D eigenvalue weighted by molar-refractivity contribution is 6.06. The molecule has 0 aliphatic rings. The van der Waals surface area contributed by atoms with Gasteiger partial charge < -0.3 is 19.4 Å². The Morgan fingerprint density at radius 2 is 1.83 bits per heavy atom. The third-order valence-corrected chi connectivity index (χ3v) is 4.65. The van der Waals surface area contributed by atoms with Gasteiger partial charge in [0.25, 0.3) is 5.91 Å². The third-order valence-electron chi connectivity index (χ3n) is 4.65. The highest BCUT2D eigenvalue weighted by atomic mass is 19.4. The number of alkyl halides is 3. The van der Waals surface area contributed by atoms with Crippen LogP contribution in [0.5, 0.6) is 11.5 Å². The Morgan fingerprint density at radius 1 is 1.10 bits per heavy atom. The molecule has 0 aliphatic carbocycles. The molecule has 1 N–H and O–H groups in total. The maximum absolute atomic E-state index is 13.1. The number of halogens is 3. The Hall–Kier alpha value is -3.49. The van der Waals surface area contributed by atoms with Crippen molar-refractivity contribution in [3.05, 3.63) is 63.9 Å². The number of nitrogens with zero attached hydrogens (tertiary/aromatic N) is 1. The molecule has 1 aromatic heterocycles. The van der Waals surface area contributed by atoms with E-state index in [0.29, 0.717) is 23.6 Å². The fourth-order valence-corrected chi connectivity index (χ4v) is 3.09. The number of benzene rings is 2. The molecule has 0 atom stereocenters. The molecule has 1 amide bonds. The lowest BCUT2D eigenvalue weighted by Gasteiger charge is -2.15. The smallest absolute Gasteiger partial charge is 0.416 e. The quantitative estimate of drug-likeness (QED) is 0.668. The summed E-state index contributed by atoms with van der Waals surface area (Å²) >= 11 is 0. The van der Waals surface area contributed by atoms with Gasteiger partial charge in [-0.3, -0.25) is 9.59 Å². The molecule has 158 valence electrons. The van der Waals surface area contributed by atoms with E-state index in [9.17, 15) is 22.8 Å². The van der Waals surface area contributed by atoms with Crippen LogP contribution in [0.2, 0.25) is 0 Å². The third kappa shape index (κ3) is 3.96. The van der Waals surface area contributed by atoms with Crippen LogP contribution in [-0.4, -0.2) is 24.7 Å².